The number of hydrogen-bond donors (Lipinski definition) is 2. The minimum Gasteiger partial charge on any atom is -0.393 e. The quantitative estimate of drug-likeness (QED) is 0.423. The van der Waals surface area contributed by atoms with Crippen molar-refractivity contribution in [2.24, 2.45) is 0 Å². The molecule has 0 bridgehead atoms. The van der Waals surface area contributed by atoms with E-state index >= 15 is 0 Å². The number of aldehydes is 1. The maximum atomic E-state index is 10.5. The first-order valence-electron chi connectivity index (χ1n) is 6.48. The van der Waals surface area contributed by atoms with E-state index in [0.717, 1.165) is 19.3 Å². The molecule has 96 valence electrons. The van der Waals surface area contributed by atoms with Gasteiger partial charge in [-0.3, -0.25) is 0 Å². The second kappa shape index (κ2) is 9.79. The van der Waals surface area contributed by atoms with E-state index in [0.29, 0.717) is 12.7 Å². The fraction of sp³-hybridized carbons (Fsp3) is 0.923. The average Bonchev–Trinajstić information content (AvgIpc) is 2.32. The standard InChI is InChI=1S/C13H26O3/c1-2-3-4-5-6-7-8-9-10-13(16,11-14)12-15/h11,15-16H,2-10,12H2,1H3. The second-order valence-electron chi connectivity index (χ2n) is 4.60. The molecule has 0 aromatic rings. The Kier molecular flexibility index (Phi) is 9.54. The summed E-state index contributed by atoms with van der Waals surface area (Å²) in [5.74, 6) is 0. The average molecular weight is 230 g/mol. The fourth-order valence-corrected chi connectivity index (χ4v) is 1.74. The monoisotopic (exact) mass is 230 g/mol. The molecular weight excluding hydrogens is 204 g/mol. The van der Waals surface area contributed by atoms with E-state index in [-0.39, 0.29) is 0 Å². The Labute approximate surface area is 98.9 Å². The Morgan fingerprint density at radius 1 is 1.00 bits per heavy atom. The highest BCUT2D eigenvalue weighted by Crippen LogP contribution is 2.14. The van der Waals surface area contributed by atoms with Crippen molar-refractivity contribution in [3.63, 3.8) is 0 Å². The van der Waals surface area contributed by atoms with E-state index in [4.69, 9.17) is 5.11 Å². The molecule has 0 saturated heterocycles. The van der Waals surface area contributed by atoms with Gasteiger partial charge in [0.25, 0.3) is 0 Å². The molecule has 0 aliphatic rings. The first kappa shape index (κ1) is 15.6. The lowest BCUT2D eigenvalue weighted by atomic mass is 9.98. The van der Waals surface area contributed by atoms with Crippen molar-refractivity contribution in [3.8, 4) is 0 Å². The highest BCUT2D eigenvalue weighted by atomic mass is 16.3. The number of hydrogen-bond acceptors (Lipinski definition) is 3. The van der Waals surface area contributed by atoms with E-state index in [9.17, 15) is 9.90 Å². The zero-order valence-electron chi connectivity index (χ0n) is 10.5. The molecule has 0 saturated carbocycles. The smallest absolute Gasteiger partial charge is 0.153 e. The van der Waals surface area contributed by atoms with Gasteiger partial charge in [0, 0.05) is 0 Å². The number of unbranched alkanes of at least 4 members (excludes halogenated alkanes) is 7. The molecule has 0 amide bonds. The summed E-state index contributed by atoms with van der Waals surface area (Å²) in [6.45, 7) is 1.74. The molecule has 0 aromatic heterocycles. The van der Waals surface area contributed by atoms with Gasteiger partial charge in [0.05, 0.1) is 6.61 Å². The summed E-state index contributed by atoms with van der Waals surface area (Å²) in [4.78, 5) is 10.5. The normalized spacial score (nSPS) is 14.7. The molecule has 0 radical (unpaired) electrons. The molecule has 1 atom stereocenters. The van der Waals surface area contributed by atoms with Gasteiger partial charge in [0.2, 0.25) is 0 Å². The van der Waals surface area contributed by atoms with Gasteiger partial charge >= 0.3 is 0 Å². The third-order valence-corrected chi connectivity index (χ3v) is 2.96. The van der Waals surface area contributed by atoms with Crippen LogP contribution in [-0.4, -0.2) is 28.7 Å². The molecule has 2 N–H and O–H groups in total. The van der Waals surface area contributed by atoms with Crippen LogP contribution in [-0.2, 0) is 4.79 Å². The van der Waals surface area contributed by atoms with E-state index in [1.807, 2.05) is 0 Å². The Balaban J connectivity index is 3.29. The minimum atomic E-state index is -1.50. The molecule has 0 aliphatic carbocycles. The van der Waals surface area contributed by atoms with Crippen molar-refractivity contribution in [2.75, 3.05) is 6.61 Å². The van der Waals surface area contributed by atoms with Crippen molar-refractivity contribution < 1.29 is 15.0 Å². The molecule has 16 heavy (non-hydrogen) atoms. The van der Waals surface area contributed by atoms with Gasteiger partial charge in [0.1, 0.15) is 5.60 Å². The fourth-order valence-electron chi connectivity index (χ4n) is 1.74. The summed E-state index contributed by atoms with van der Waals surface area (Å²) in [5, 5.41) is 18.3. The lowest BCUT2D eigenvalue weighted by Gasteiger charge is -2.17. The molecule has 0 heterocycles. The Bertz CT molecular complexity index is 171. The van der Waals surface area contributed by atoms with Crippen LogP contribution in [0.25, 0.3) is 0 Å². The van der Waals surface area contributed by atoms with Gasteiger partial charge in [-0.2, -0.15) is 0 Å². The predicted molar refractivity (Wildman–Crippen MR) is 65.3 cm³/mol. The number of carbonyl (C=O) groups is 1. The molecule has 0 aliphatic heterocycles. The van der Waals surface area contributed by atoms with E-state index in [1.165, 1.54) is 32.1 Å². The SMILES string of the molecule is CCCCCCCCCCC(O)(C=O)CO. The molecule has 0 fully saturated rings. The lowest BCUT2D eigenvalue weighted by Crippen LogP contribution is -2.34. The zero-order valence-corrected chi connectivity index (χ0v) is 10.5. The number of carbonyl (C=O) groups excluding carboxylic acids is 1. The Morgan fingerprint density at radius 2 is 1.50 bits per heavy atom. The maximum Gasteiger partial charge on any atom is 0.153 e. The van der Waals surface area contributed by atoms with Gasteiger partial charge in [0.15, 0.2) is 6.29 Å². The summed E-state index contributed by atoms with van der Waals surface area (Å²) >= 11 is 0. The summed E-state index contributed by atoms with van der Waals surface area (Å²) < 4.78 is 0. The van der Waals surface area contributed by atoms with Gasteiger partial charge in [-0.1, -0.05) is 58.3 Å². The Morgan fingerprint density at radius 3 is 1.94 bits per heavy atom. The van der Waals surface area contributed by atoms with Gasteiger partial charge in [-0.15, -0.1) is 0 Å². The van der Waals surface area contributed by atoms with Crippen LogP contribution in [0.15, 0.2) is 0 Å². The molecule has 0 rings (SSSR count). The highest BCUT2D eigenvalue weighted by molar-refractivity contribution is 5.62. The van der Waals surface area contributed by atoms with Gasteiger partial charge < -0.3 is 15.0 Å². The molecule has 1 unspecified atom stereocenters. The summed E-state index contributed by atoms with van der Waals surface area (Å²) in [5.41, 5.74) is -1.50. The van der Waals surface area contributed by atoms with Crippen molar-refractivity contribution in [2.45, 2.75) is 70.3 Å². The van der Waals surface area contributed by atoms with Crippen molar-refractivity contribution in [3.05, 3.63) is 0 Å². The number of aliphatic hydroxyl groups is 2. The Hall–Kier alpha value is -0.410. The predicted octanol–water partition coefficient (Wildman–Crippen LogP) is 2.44. The van der Waals surface area contributed by atoms with Crippen LogP contribution in [0, 0.1) is 0 Å². The summed E-state index contributed by atoms with van der Waals surface area (Å²) in [6.07, 6.45) is 10.2. The molecule has 3 heteroatoms. The lowest BCUT2D eigenvalue weighted by molar-refractivity contribution is -0.128. The molecule has 0 aromatic carbocycles. The van der Waals surface area contributed by atoms with Crippen molar-refractivity contribution >= 4 is 6.29 Å². The molecular formula is C13H26O3. The first-order valence-corrected chi connectivity index (χ1v) is 6.48. The number of rotatable bonds is 11. The van der Waals surface area contributed by atoms with E-state index in [2.05, 4.69) is 6.92 Å². The maximum absolute atomic E-state index is 10.5. The third kappa shape index (κ3) is 7.83. The molecule has 3 nitrogen and oxygen atoms in total. The van der Waals surface area contributed by atoms with Gasteiger partial charge in [-0.05, 0) is 6.42 Å². The van der Waals surface area contributed by atoms with Crippen LogP contribution in [0.5, 0.6) is 0 Å². The molecule has 0 spiro atoms. The van der Waals surface area contributed by atoms with Crippen molar-refractivity contribution in [1.82, 2.24) is 0 Å². The summed E-state index contributed by atoms with van der Waals surface area (Å²) in [6, 6.07) is 0. The zero-order chi connectivity index (χ0) is 12.3. The van der Waals surface area contributed by atoms with Crippen LogP contribution < -0.4 is 0 Å². The van der Waals surface area contributed by atoms with Crippen LogP contribution in [0.3, 0.4) is 0 Å². The number of aliphatic hydroxyl groups excluding tert-OH is 1. The second-order valence-corrected chi connectivity index (χ2v) is 4.60. The van der Waals surface area contributed by atoms with Crippen LogP contribution in [0.4, 0.5) is 0 Å². The third-order valence-electron chi connectivity index (χ3n) is 2.96. The van der Waals surface area contributed by atoms with Crippen LogP contribution in [0.1, 0.15) is 64.7 Å². The van der Waals surface area contributed by atoms with Crippen molar-refractivity contribution in [1.29, 1.82) is 0 Å². The van der Waals surface area contributed by atoms with E-state index < -0.39 is 12.2 Å². The largest absolute Gasteiger partial charge is 0.393 e. The van der Waals surface area contributed by atoms with Crippen LogP contribution in [0.2, 0.25) is 0 Å². The van der Waals surface area contributed by atoms with Crippen LogP contribution >= 0.6 is 0 Å². The topological polar surface area (TPSA) is 57.5 Å². The van der Waals surface area contributed by atoms with E-state index in [1.54, 1.807) is 0 Å². The highest BCUT2D eigenvalue weighted by Gasteiger charge is 2.23. The summed E-state index contributed by atoms with van der Waals surface area (Å²) in [7, 11) is 0. The van der Waals surface area contributed by atoms with Gasteiger partial charge in [-0.25, -0.2) is 0 Å². The first-order chi connectivity index (χ1) is 7.68. The minimum absolute atomic E-state index is 0.377.